The van der Waals surface area contributed by atoms with Gasteiger partial charge in [0.2, 0.25) is 10.0 Å². The van der Waals surface area contributed by atoms with Gasteiger partial charge < -0.3 is 19.1 Å². The van der Waals surface area contributed by atoms with Gasteiger partial charge in [0, 0.05) is 31.7 Å². The summed E-state index contributed by atoms with van der Waals surface area (Å²) >= 11 is 0. The van der Waals surface area contributed by atoms with Crippen LogP contribution in [0.25, 0.3) is 11.3 Å². The quantitative estimate of drug-likeness (QED) is 0.490. The van der Waals surface area contributed by atoms with E-state index < -0.39 is 10.0 Å². The maximum absolute atomic E-state index is 13.4. The Morgan fingerprint density at radius 3 is 2.00 bits per heavy atom. The minimum Gasteiger partial charge on any atom is -0.495 e. The minimum absolute atomic E-state index is 0.204. The van der Waals surface area contributed by atoms with E-state index >= 15 is 0 Å². The second-order valence-electron chi connectivity index (χ2n) is 8.32. The van der Waals surface area contributed by atoms with E-state index in [1.165, 1.54) is 11.4 Å². The van der Waals surface area contributed by atoms with Gasteiger partial charge in [-0.2, -0.15) is 4.31 Å². The standard InChI is InChI=1S/C25H30N4O5S/c1-17-14-23(34-5)24(15-18(17)2)35(30,31)29-12-10-28(11-13-29)25-9-7-20(26-27-25)19-6-8-21(32-3)22(16-19)33-4/h6-9,14-16H,10-13H2,1-5H3. The molecule has 0 unspecified atom stereocenters. The Balaban J connectivity index is 1.47. The van der Waals surface area contributed by atoms with E-state index in [0.29, 0.717) is 54.9 Å². The first-order valence-corrected chi connectivity index (χ1v) is 12.7. The summed E-state index contributed by atoms with van der Waals surface area (Å²) in [5, 5.41) is 8.76. The van der Waals surface area contributed by atoms with Crippen molar-refractivity contribution in [1.82, 2.24) is 14.5 Å². The summed E-state index contributed by atoms with van der Waals surface area (Å²) in [6, 6.07) is 12.8. The molecule has 4 rings (SSSR count). The van der Waals surface area contributed by atoms with Crippen molar-refractivity contribution in [2.45, 2.75) is 18.7 Å². The van der Waals surface area contributed by atoms with Gasteiger partial charge >= 0.3 is 0 Å². The predicted octanol–water partition coefficient (Wildman–Crippen LogP) is 3.30. The van der Waals surface area contributed by atoms with E-state index in [1.54, 1.807) is 26.4 Å². The number of hydrogen-bond donors (Lipinski definition) is 0. The zero-order valence-corrected chi connectivity index (χ0v) is 21.4. The van der Waals surface area contributed by atoms with Crippen LogP contribution in [0.3, 0.4) is 0 Å². The van der Waals surface area contributed by atoms with Crippen molar-refractivity contribution in [3.63, 3.8) is 0 Å². The summed E-state index contributed by atoms with van der Waals surface area (Å²) < 4.78 is 44.2. The number of sulfonamides is 1. The van der Waals surface area contributed by atoms with Crippen LogP contribution in [0, 0.1) is 13.8 Å². The zero-order valence-electron chi connectivity index (χ0n) is 20.6. The van der Waals surface area contributed by atoms with Crippen LogP contribution in [0.5, 0.6) is 17.2 Å². The topological polar surface area (TPSA) is 94.1 Å². The number of piperazine rings is 1. The highest BCUT2D eigenvalue weighted by atomic mass is 32.2. The summed E-state index contributed by atoms with van der Waals surface area (Å²) in [7, 11) is 0.992. The first-order valence-electron chi connectivity index (χ1n) is 11.2. The minimum atomic E-state index is -3.68. The molecule has 0 N–H and O–H groups in total. The Morgan fingerprint density at radius 2 is 1.40 bits per heavy atom. The molecular formula is C25H30N4O5S. The molecule has 2 heterocycles. The van der Waals surface area contributed by atoms with Gasteiger partial charge in [0.1, 0.15) is 10.6 Å². The molecule has 1 fully saturated rings. The van der Waals surface area contributed by atoms with Crippen molar-refractivity contribution in [2.75, 3.05) is 52.4 Å². The van der Waals surface area contributed by atoms with Gasteiger partial charge in [-0.05, 0) is 67.4 Å². The number of nitrogens with zero attached hydrogens (tertiary/aromatic N) is 4. The molecule has 0 aliphatic carbocycles. The summed E-state index contributed by atoms with van der Waals surface area (Å²) in [5.41, 5.74) is 3.46. The fraction of sp³-hybridized carbons (Fsp3) is 0.360. The van der Waals surface area contributed by atoms with Crippen LogP contribution < -0.4 is 19.1 Å². The van der Waals surface area contributed by atoms with Crippen LogP contribution >= 0.6 is 0 Å². The molecule has 1 aliphatic rings. The number of methoxy groups -OCH3 is 3. The molecule has 0 radical (unpaired) electrons. The number of hydrogen-bond acceptors (Lipinski definition) is 8. The van der Waals surface area contributed by atoms with Crippen LogP contribution in [0.1, 0.15) is 11.1 Å². The molecule has 186 valence electrons. The fourth-order valence-corrected chi connectivity index (χ4v) is 5.71. The normalized spacial score (nSPS) is 14.6. The molecule has 3 aromatic rings. The molecule has 0 saturated carbocycles. The molecule has 1 aliphatic heterocycles. The van der Waals surface area contributed by atoms with Crippen LogP contribution in [-0.4, -0.2) is 70.4 Å². The SMILES string of the molecule is COc1ccc(-c2ccc(N3CCN(S(=O)(=O)c4cc(C)c(C)cc4OC)CC3)nn2)cc1OC. The lowest BCUT2D eigenvalue weighted by Gasteiger charge is -2.34. The van der Waals surface area contributed by atoms with Crippen molar-refractivity contribution in [3.8, 4) is 28.5 Å². The van der Waals surface area contributed by atoms with Gasteiger partial charge in [-0.15, -0.1) is 10.2 Å². The predicted molar refractivity (Wildman–Crippen MR) is 134 cm³/mol. The highest BCUT2D eigenvalue weighted by Gasteiger charge is 2.31. The van der Waals surface area contributed by atoms with E-state index in [1.807, 2.05) is 49.1 Å². The third kappa shape index (κ3) is 4.89. The first kappa shape index (κ1) is 24.7. The lowest BCUT2D eigenvalue weighted by molar-refractivity contribution is 0.355. The van der Waals surface area contributed by atoms with E-state index in [9.17, 15) is 8.42 Å². The van der Waals surface area contributed by atoms with Crippen molar-refractivity contribution >= 4 is 15.8 Å². The largest absolute Gasteiger partial charge is 0.495 e. The van der Waals surface area contributed by atoms with Crippen molar-refractivity contribution in [1.29, 1.82) is 0 Å². The van der Waals surface area contributed by atoms with E-state index in [-0.39, 0.29) is 4.90 Å². The third-order valence-electron chi connectivity index (χ3n) is 6.29. The average molecular weight is 499 g/mol. The van der Waals surface area contributed by atoms with Crippen molar-refractivity contribution < 1.29 is 22.6 Å². The van der Waals surface area contributed by atoms with Gasteiger partial charge in [-0.1, -0.05) is 0 Å². The molecule has 35 heavy (non-hydrogen) atoms. The number of aryl methyl sites for hydroxylation is 2. The summed E-state index contributed by atoms with van der Waals surface area (Å²) in [4.78, 5) is 2.24. The molecule has 2 aromatic carbocycles. The summed E-state index contributed by atoms with van der Waals surface area (Å²) in [6.07, 6.45) is 0. The van der Waals surface area contributed by atoms with Gasteiger partial charge in [0.15, 0.2) is 17.3 Å². The Hall–Kier alpha value is -3.37. The average Bonchev–Trinajstić information content (AvgIpc) is 2.89. The van der Waals surface area contributed by atoms with Crippen LogP contribution in [0.2, 0.25) is 0 Å². The lowest BCUT2D eigenvalue weighted by Crippen LogP contribution is -2.49. The summed E-state index contributed by atoms with van der Waals surface area (Å²) in [5.74, 6) is 2.34. The fourth-order valence-electron chi connectivity index (χ4n) is 4.06. The molecule has 1 aromatic heterocycles. The van der Waals surface area contributed by atoms with E-state index in [0.717, 1.165) is 16.7 Å². The van der Waals surface area contributed by atoms with Crippen molar-refractivity contribution in [3.05, 3.63) is 53.6 Å². The van der Waals surface area contributed by atoms with Crippen LogP contribution in [-0.2, 0) is 10.0 Å². The molecule has 0 amide bonds. The Kier molecular flexibility index (Phi) is 7.13. The van der Waals surface area contributed by atoms with E-state index in [4.69, 9.17) is 14.2 Å². The Morgan fingerprint density at radius 1 is 0.743 bits per heavy atom. The highest BCUT2D eigenvalue weighted by Crippen LogP contribution is 2.32. The Labute approximate surface area is 206 Å². The van der Waals surface area contributed by atoms with Crippen LogP contribution in [0.4, 0.5) is 5.82 Å². The van der Waals surface area contributed by atoms with Gasteiger partial charge in [-0.3, -0.25) is 0 Å². The number of rotatable bonds is 7. The molecule has 0 bridgehead atoms. The number of ether oxygens (including phenoxy) is 3. The second kappa shape index (κ2) is 10.1. The van der Waals surface area contributed by atoms with Gasteiger partial charge in [0.05, 0.1) is 27.0 Å². The van der Waals surface area contributed by atoms with Gasteiger partial charge in [0.25, 0.3) is 0 Å². The maximum Gasteiger partial charge on any atom is 0.246 e. The zero-order chi connectivity index (χ0) is 25.2. The van der Waals surface area contributed by atoms with Gasteiger partial charge in [-0.25, -0.2) is 8.42 Å². The second-order valence-corrected chi connectivity index (χ2v) is 10.2. The number of aromatic nitrogens is 2. The number of benzene rings is 2. The molecule has 0 atom stereocenters. The van der Waals surface area contributed by atoms with Crippen molar-refractivity contribution in [2.24, 2.45) is 0 Å². The monoisotopic (exact) mass is 498 g/mol. The first-order chi connectivity index (χ1) is 16.8. The molecule has 1 saturated heterocycles. The third-order valence-corrected chi connectivity index (χ3v) is 8.21. The smallest absolute Gasteiger partial charge is 0.246 e. The van der Waals surface area contributed by atoms with Crippen LogP contribution in [0.15, 0.2) is 47.4 Å². The summed E-state index contributed by atoms with van der Waals surface area (Å²) in [6.45, 7) is 5.54. The molecule has 10 heteroatoms. The van der Waals surface area contributed by atoms with E-state index in [2.05, 4.69) is 10.2 Å². The maximum atomic E-state index is 13.4. The lowest BCUT2D eigenvalue weighted by atomic mass is 10.1. The Bertz CT molecular complexity index is 1300. The highest BCUT2D eigenvalue weighted by molar-refractivity contribution is 7.89. The molecule has 9 nitrogen and oxygen atoms in total. The molecule has 0 spiro atoms. The molecular weight excluding hydrogens is 468 g/mol. The number of anilines is 1.